The highest BCUT2D eigenvalue weighted by atomic mass is 19.2. The SMILES string of the molecule is CC(C)CC(=O)NC(c1ccc(F)c(F)c1)c1ccc2ccc(N3CCCC3)nc2c1O. The van der Waals surface area contributed by atoms with Crippen LogP contribution in [-0.2, 0) is 4.79 Å². The molecule has 1 aromatic heterocycles. The molecule has 3 aromatic rings. The normalized spacial score (nSPS) is 14.8. The van der Waals surface area contributed by atoms with Crippen LogP contribution < -0.4 is 10.2 Å². The molecule has 1 amide bonds. The number of aromatic nitrogens is 1. The molecule has 2 aromatic carbocycles. The van der Waals surface area contributed by atoms with Gasteiger partial charge in [0.2, 0.25) is 5.91 Å². The van der Waals surface area contributed by atoms with E-state index in [2.05, 4.69) is 15.2 Å². The predicted molar refractivity (Wildman–Crippen MR) is 121 cm³/mol. The molecule has 1 aliphatic heterocycles. The topological polar surface area (TPSA) is 65.5 Å². The van der Waals surface area contributed by atoms with Crippen molar-refractivity contribution in [2.75, 3.05) is 18.0 Å². The van der Waals surface area contributed by atoms with E-state index < -0.39 is 17.7 Å². The van der Waals surface area contributed by atoms with Crippen molar-refractivity contribution >= 4 is 22.6 Å². The van der Waals surface area contributed by atoms with Crippen LogP contribution in [0, 0.1) is 17.6 Å². The third-order valence-electron chi connectivity index (χ3n) is 5.77. The fourth-order valence-corrected chi connectivity index (χ4v) is 4.16. The average Bonchev–Trinajstić information content (AvgIpc) is 3.29. The Balaban J connectivity index is 1.79. The molecule has 0 spiro atoms. The summed E-state index contributed by atoms with van der Waals surface area (Å²) in [5, 5.41) is 14.8. The second-order valence-corrected chi connectivity index (χ2v) is 8.71. The van der Waals surface area contributed by atoms with Crippen LogP contribution in [0.3, 0.4) is 0 Å². The van der Waals surface area contributed by atoms with Gasteiger partial charge in [0, 0.05) is 30.5 Å². The summed E-state index contributed by atoms with van der Waals surface area (Å²) in [5.74, 6) is -1.40. The van der Waals surface area contributed by atoms with E-state index in [0.29, 0.717) is 16.6 Å². The van der Waals surface area contributed by atoms with Gasteiger partial charge in [0.05, 0.1) is 6.04 Å². The van der Waals surface area contributed by atoms with Crippen molar-refractivity contribution in [3.8, 4) is 5.75 Å². The number of halogens is 2. The number of amides is 1. The summed E-state index contributed by atoms with van der Waals surface area (Å²) in [5.41, 5.74) is 1.13. The van der Waals surface area contributed by atoms with Crippen LogP contribution in [0.15, 0.2) is 42.5 Å². The molecule has 1 fully saturated rings. The number of nitrogens with zero attached hydrogens (tertiary/aromatic N) is 2. The van der Waals surface area contributed by atoms with Gasteiger partial charge in [-0.25, -0.2) is 13.8 Å². The molecular weight excluding hydrogens is 412 g/mol. The van der Waals surface area contributed by atoms with Crippen LogP contribution in [0.25, 0.3) is 10.9 Å². The standard InChI is InChI=1S/C25H27F2N3O2/c1-15(2)13-22(31)29-23(17-6-9-19(26)20(27)14-17)18-8-5-16-7-10-21(28-24(16)25(18)32)30-11-3-4-12-30/h5-10,14-15,23,32H,3-4,11-13H2,1-2H3,(H,29,31). The molecule has 1 saturated heterocycles. The number of hydrogen-bond acceptors (Lipinski definition) is 4. The number of pyridine rings is 1. The number of anilines is 1. The maximum Gasteiger partial charge on any atom is 0.221 e. The van der Waals surface area contributed by atoms with Gasteiger partial charge in [-0.3, -0.25) is 4.79 Å². The van der Waals surface area contributed by atoms with Crippen molar-refractivity contribution in [3.63, 3.8) is 0 Å². The molecule has 1 aliphatic rings. The summed E-state index contributed by atoms with van der Waals surface area (Å²) >= 11 is 0. The molecule has 168 valence electrons. The van der Waals surface area contributed by atoms with Crippen LogP contribution >= 0.6 is 0 Å². The Morgan fingerprint density at radius 2 is 1.81 bits per heavy atom. The summed E-state index contributed by atoms with van der Waals surface area (Å²) in [6, 6.07) is 9.98. The lowest BCUT2D eigenvalue weighted by Gasteiger charge is -2.23. The van der Waals surface area contributed by atoms with E-state index in [1.54, 1.807) is 6.07 Å². The Morgan fingerprint density at radius 1 is 1.09 bits per heavy atom. The van der Waals surface area contributed by atoms with Gasteiger partial charge in [0.25, 0.3) is 0 Å². The number of phenols is 1. The molecule has 32 heavy (non-hydrogen) atoms. The summed E-state index contributed by atoms with van der Waals surface area (Å²) in [7, 11) is 0. The average molecular weight is 440 g/mol. The van der Waals surface area contributed by atoms with Crippen molar-refractivity contribution in [3.05, 3.63) is 65.2 Å². The van der Waals surface area contributed by atoms with E-state index >= 15 is 0 Å². The highest BCUT2D eigenvalue weighted by molar-refractivity contribution is 5.88. The van der Waals surface area contributed by atoms with Crippen molar-refractivity contribution in [1.29, 1.82) is 0 Å². The van der Waals surface area contributed by atoms with Crippen molar-refractivity contribution < 1.29 is 18.7 Å². The van der Waals surface area contributed by atoms with Crippen LogP contribution in [0.5, 0.6) is 5.75 Å². The maximum atomic E-state index is 14.0. The van der Waals surface area contributed by atoms with Crippen molar-refractivity contribution in [1.82, 2.24) is 10.3 Å². The molecular formula is C25H27F2N3O2. The summed E-state index contributed by atoms with van der Waals surface area (Å²) in [6.07, 6.45) is 2.48. The fraction of sp³-hybridized carbons (Fsp3) is 0.360. The molecule has 0 saturated carbocycles. The van der Waals surface area contributed by atoms with Gasteiger partial charge in [-0.05, 0) is 48.6 Å². The lowest BCUT2D eigenvalue weighted by Crippen LogP contribution is -2.30. The number of phenolic OH excluding ortho intramolecular Hbond substituents is 1. The first-order chi connectivity index (χ1) is 15.3. The Morgan fingerprint density at radius 3 is 2.50 bits per heavy atom. The first-order valence-electron chi connectivity index (χ1n) is 11.0. The first kappa shape index (κ1) is 22.0. The van der Waals surface area contributed by atoms with Crippen LogP contribution in [0.1, 0.15) is 50.3 Å². The number of rotatable bonds is 6. The predicted octanol–water partition coefficient (Wildman–Crippen LogP) is 5.07. The zero-order valence-electron chi connectivity index (χ0n) is 18.2. The Labute approximate surface area is 186 Å². The monoisotopic (exact) mass is 439 g/mol. The number of benzene rings is 2. The number of carbonyl (C=O) groups excluding carboxylic acids is 1. The van der Waals surface area contributed by atoms with E-state index in [-0.39, 0.29) is 24.0 Å². The highest BCUT2D eigenvalue weighted by Gasteiger charge is 2.24. The second-order valence-electron chi connectivity index (χ2n) is 8.71. The van der Waals surface area contributed by atoms with E-state index in [1.807, 2.05) is 32.0 Å². The van der Waals surface area contributed by atoms with Crippen LogP contribution in [0.4, 0.5) is 14.6 Å². The molecule has 0 bridgehead atoms. The lowest BCUT2D eigenvalue weighted by molar-refractivity contribution is -0.122. The lowest BCUT2D eigenvalue weighted by atomic mass is 9.95. The Hall–Kier alpha value is -3.22. The van der Waals surface area contributed by atoms with E-state index in [0.717, 1.165) is 49.3 Å². The number of hydrogen-bond donors (Lipinski definition) is 2. The molecule has 7 heteroatoms. The Kier molecular flexibility index (Phi) is 6.26. The summed E-state index contributed by atoms with van der Waals surface area (Å²) in [6.45, 7) is 5.68. The van der Waals surface area contributed by atoms with Gasteiger partial charge in [-0.15, -0.1) is 0 Å². The summed E-state index contributed by atoms with van der Waals surface area (Å²) in [4.78, 5) is 19.4. The van der Waals surface area contributed by atoms with Gasteiger partial charge >= 0.3 is 0 Å². The minimum Gasteiger partial charge on any atom is -0.505 e. The third kappa shape index (κ3) is 4.52. The number of nitrogens with one attached hydrogen (secondary N) is 1. The highest BCUT2D eigenvalue weighted by Crippen LogP contribution is 2.36. The van der Waals surface area contributed by atoms with Gasteiger partial charge < -0.3 is 15.3 Å². The maximum absolute atomic E-state index is 14.0. The molecule has 1 atom stereocenters. The van der Waals surface area contributed by atoms with E-state index in [4.69, 9.17) is 0 Å². The zero-order valence-corrected chi connectivity index (χ0v) is 18.2. The van der Waals surface area contributed by atoms with E-state index in [9.17, 15) is 18.7 Å². The van der Waals surface area contributed by atoms with Gasteiger partial charge in [-0.2, -0.15) is 0 Å². The van der Waals surface area contributed by atoms with Crippen LogP contribution in [-0.4, -0.2) is 29.1 Å². The fourth-order valence-electron chi connectivity index (χ4n) is 4.16. The molecule has 4 rings (SSSR count). The number of carbonyl (C=O) groups is 1. The first-order valence-corrected chi connectivity index (χ1v) is 11.0. The molecule has 0 aliphatic carbocycles. The minimum absolute atomic E-state index is 0.0804. The summed E-state index contributed by atoms with van der Waals surface area (Å²) < 4.78 is 27.6. The van der Waals surface area contributed by atoms with Crippen molar-refractivity contribution in [2.45, 2.75) is 39.2 Å². The second kappa shape index (κ2) is 9.10. The molecule has 1 unspecified atom stereocenters. The number of fused-ring (bicyclic) bond motifs is 1. The molecule has 2 N–H and O–H groups in total. The van der Waals surface area contributed by atoms with Gasteiger partial charge in [-0.1, -0.05) is 32.0 Å². The zero-order chi connectivity index (χ0) is 22.8. The molecule has 0 radical (unpaired) electrons. The smallest absolute Gasteiger partial charge is 0.221 e. The Bertz CT molecular complexity index is 1140. The van der Waals surface area contributed by atoms with E-state index in [1.165, 1.54) is 6.07 Å². The third-order valence-corrected chi connectivity index (χ3v) is 5.77. The minimum atomic E-state index is -1.01. The molecule has 5 nitrogen and oxygen atoms in total. The van der Waals surface area contributed by atoms with Gasteiger partial charge in [0.15, 0.2) is 11.6 Å². The number of aromatic hydroxyl groups is 1. The molecule has 2 heterocycles. The van der Waals surface area contributed by atoms with Crippen molar-refractivity contribution in [2.24, 2.45) is 5.92 Å². The van der Waals surface area contributed by atoms with Gasteiger partial charge in [0.1, 0.15) is 17.1 Å². The van der Waals surface area contributed by atoms with Crippen LogP contribution in [0.2, 0.25) is 0 Å². The largest absolute Gasteiger partial charge is 0.505 e. The quantitative estimate of drug-likeness (QED) is 0.563.